The van der Waals surface area contributed by atoms with Gasteiger partial charge in [0.2, 0.25) is 5.88 Å². The summed E-state index contributed by atoms with van der Waals surface area (Å²) in [7, 11) is 1.65. The van der Waals surface area contributed by atoms with Crippen LogP contribution < -0.4 is 14.8 Å². The molecule has 0 spiro atoms. The first-order valence-electron chi connectivity index (χ1n) is 9.54. The Hall–Kier alpha value is -2.64. The summed E-state index contributed by atoms with van der Waals surface area (Å²) in [4.78, 5) is 19.3. The molecule has 150 valence electrons. The summed E-state index contributed by atoms with van der Waals surface area (Å²) in [5.74, 6) is 0.975. The zero-order valence-electron chi connectivity index (χ0n) is 16.4. The average molecular weight is 385 g/mol. The van der Waals surface area contributed by atoms with E-state index < -0.39 is 0 Å². The molecule has 0 aliphatic carbocycles. The van der Waals surface area contributed by atoms with E-state index in [2.05, 4.69) is 15.2 Å². The molecule has 1 atom stereocenters. The number of aromatic nitrogens is 1. The molecule has 1 aromatic carbocycles. The smallest absolute Gasteiger partial charge is 0.256 e. The summed E-state index contributed by atoms with van der Waals surface area (Å²) in [6.45, 7) is 5.84. The van der Waals surface area contributed by atoms with E-state index in [4.69, 9.17) is 14.2 Å². The topological polar surface area (TPSA) is 72.9 Å². The van der Waals surface area contributed by atoms with Gasteiger partial charge in [0.1, 0.15) is 11.3 Å². The molecule has 1 aromatic heterocycles. The van der Waals surface area contributed by atoms with Gasteiger partial charge in [-0.2, -0.15) is 0 Å². The Morgan fingerprint density at radius 1 is 1.25 bits per heavy atom. The molecule has 0 saturated carbocycles. The van der Waals surface area contributed by atoms with Crippen LogP contribution in [0, 0.1) is 0 Å². The van der Waals surface area contributed by atoms with Gasteiger partial charge in [0.05, 0.1) is 33.0 Å². The maximum Gasteiger partial charge on any atom is 0.256 e. The van der Waals surface area contributed by atoms with Crippen LogP contribution in [-0.4, -0.2) is 62.4 Å². The molecule has 7 nitrogen and oxygen atoms in total. The summed E-state index contributed by atoms with van der Waals surface area (Å²) in [6.07, 6.45) is 1.62. The molecule has 2 aromatic rings. The lowest BCUT2D eigenvalue weighted by Crippen LogP contribution is -2.43. The van der Waals surface area contributed by atoms with Crippen molar-refractivity contribution in [3.05, 3.63) is 53.7 Å². The van der Waals surface area contributed by atoms with Crippen LogP contribution in [0.1, 0.15) is 28.9 Å². The number of amides is 1. The lowest BCUT2D eigenvalue weighted by atomic mass is 10.0. The van der Waals surface area contributed by atoms with E-state index in [1.165, 1.54) is 0 Å². The Kier molecular flexibility index (Phi) is 7.22. The van der Waals surface area contributed by atoms with E-state index in [-0.39, 0.29) is 11.9 Å². The molecule has 0 unspecified atom stereocenters. The van der Waals surface area contributed by atoms with Crippen molar-refractivity contribution in [2.24, 2.45) is 0 Å². The summed E-state index contributed by atoms with van der Waals surface area (Å²) in [5.41, 5.74) is 1.57. The molecule has 0 radical (unpaired) electrons. The molecule has 7 heteroatoms. The minimum atomic E-state index is -0.191. The number of rotatable bonds is 8. The molecule has 1 amide bonds. The molecule has 1 aliphatic heterocycles. The highest BCUT2D eigenvalue weighted by atomic mass is 16.5. The Labute approximate surface area is 165 Å². The van der Waals surface area contributed by atoms with Gasteiger partial charge in [0.15, 0.2) is 0 Å². The van der Waals surface area contributed by atoms with Gasteiger partial charge >= 0.3 is 0 Å². The van der Waals surface area contributed by atoms with Gasteiger partial charge in [-0.3, -0.25) is 9.69 Å². The standard InChI is InChI=1S/C21H27N3O4/c1-3-28-21-18(5-4-10-22-21)20(25)23-15-19(24-11-13-27-14-12-24)16-6-8-17(26-2)9-7-16/h4-10,19H,3,11-15H2,1-2H3,(H,23,25)/t19-/m0/s1. The number of nitrogens with zero attached hydrogens (tertiary/aromatic N) is 2. The predicted octanol–water partition coefficient (Wildman–Crippen LogP) is 2.29. The van der Waals surface area contributed by atoms with Crippen molar-refractivity contribution in [1.29, 1.82) is 0 Å². The summed E-state index contributed by atoms with van der Waals surface area (Å²) in [6, 6.07) is 11.5. The highest BCUT2D eigenvalue weighted by molar-refractivity contribution is 5.96. The number of carbonyl (C=O) groups excluding carboxylic acids is 1. The SMILES string of the molecule is CCOc1ncccc1C(=O)NC[C@@H](c1ccc(OC)cc1)N1CCOCC1. The first-order chi connectivity index (χ1) is 13.7. The zero-order chi connectivity index (χ0) is 19.8. The molecule has 28 heavy (non-hydrogen) atoms. The highest BCUT2D eigenvalue weighted by Gasteiger charge is 2.24. The number of morpholine rings is 1. The zero-order valence-corrected chi connectivity index (χ0v) is 16.4. The molecule has 2 heterocycles. The van der Waals surface area contributed by atoms with Gasteiger partial charge in [0.25, 0.3) is 5.91 Å². The van der Waals surface area contributed by atoms with Crippen molar-refractivity contribution in [3.63, 3.8) is 0 Å². The number of hydrogen-bond donors (Lipinski definition) is 1. The second-order valence-electron chi connectivity index (χ2n) is 6.44. The fourth-order valence-corrected chi connectivity index (χ4v) is 3.27. The number of pyridine rings is 1. The fourth-order valence-electron chi connectivity index (χ4n) is 3.27. The minimum absolute atomic E-state index is 0.0472. The van der Waals surface area contributed by atoms with Crippen LogP contribution in [0.4, 0.5) is 0 Å². The number of hydrogen-bond acceptors (Lipinski definition) is 6. The number of benzene rings is 1. The Balaban J connectivity index is 1.74. The van der Waals surface area contributed by atoms with Crippen LogP contribution >= 0.6 is 0 Å². The van der Waals surface area contributed by atoms with Crippen molar-refractivity contribution < 1.29 is 19.0 Å². The summed E-state index contributed by atoms with van der Waals surface area (Å²) in [5, 5.41) is 3.05. The quantitative estimate of drug-likeness (QED) is 0.752. The van der Waals surface area contributed by atoms with E-state index in [0.717, 1.165) is 24.4 Å². The Morgan fingerprint density at radius 3 is 2.68 bits per heavy atom. The lowest BCUT2D eigenvalue weighted by Gasteiger charge is -2.35. The van der Waals surface area contributed by atoms with Gasteiger partial charge in [0, 0.05) is 25.8 Å². The number of carbonyl (C=O) groups is 1. The average Bonchev–Trinajstić information content (AvgIpc) is 2.75. The number of ether oxygens (including phenoxy) is 3. The van der Waals surface area contributed by atoms with Gasteiger partial charge < -0.3 is 19.5 Å². The second-order valence-corrected chi connectivity index (χ2v) is 6.44. The number of nitrogens with one attached hydrogen (secondary N) is 1. The fraction of sp³-hybridized carbons (Fsp3) is 0.429. The first-order valence-corrected chi connectivity index (χ1v) is 9.54. The predicted molar refractivity (Wildman–Crippen MR) is 106 cm³/mol. The number of methoxy groups -OCH3 is 1. The Bertz CT molecular complexity index is 761. The van der Waals surface area contributed by atoms with Gasteiger partial charge in [-0.05, 0) is 36.8 Å². The van der Waals surface area contributed by atoms with Crippen LogP contribution in [0.3, 0.4) is 0 Å². The van der Waals surface area contributed by atoms with Gasteiger partial charge in [-0.25, -0.2) is 4.98 Å². The highest BCUT2D eigenvalue weighted by Crippen LogP contribution is 2.24. The molecular weight excluding hydrogens is 358 g/mol. The van der Waals surface area contributed by atoms with E-state index >= 15 is 0 Å². The van der Waals surface area contributed by atoms with Crippen molar-refractivity contribution >= 4 is 5.91 Å². The molecule has 1 fully saturated rings. The maximum absolute atomic E-state index is 12.8. The van der Waals surface area contributed by atoms with Gasteiger partial charge in [-0.15, -0.1) is 0 Å². The van der Waals surface area contributed by atoms with Crippen LogP contribution in [-0.2, 0) is 4.74 Å². The molecule has 1 saturated heterocycles. The molecule has 3 rings (SSSR count). The maximum atomic E-state index is 12.8. The molecular formula is C21H27N3O4. The third-order valence-corrected chi connectivity index (χ3v) is 4.74. The summed E-state index contributed by atoms with van der Waals surface area (Å²) < 4.78 is 16.2. The lowest BCUT2D eigenvalue weighted by molar-refractivity contribution is 0.0162. The van der Waals surface area contributed by atoms with Crippen LogP contribution in [0.2, 0.25) is 0 Å². The minimum Gasteiger partial charge on any atom is -0.497 e. The third-order valence-electron chi connectivity index (χ3n) is 4.74. The molecule has 0 bridgehead atoms. The molecule has 1 aliphatic rings. The van der Waals surface area contributed by atoms with Crippen LogP contribution in [0.15, 0.2) is 42.6 Å². The van der Waals surface area contributed by atoms with Crippen molar-refractivity contribution in [3.8, 4) is 11.6 Å². The van der Waals surface area contributed by atoms with Crippen molar-refractivity contribution in [1.82, 2.24) is 15.2 Å². The first kappa shape index (κ1) is 20.1. The Morgan fingerprint density at radius 2 is 2.00 bits per heavy atom. The normalized spacial score (nSPS) is 15.6. The largest absolute Gasteiger partial charge is 0.497 e. The van der Waals surface area contributed by atoms with Crippen LogP contribution in [0.5, 0.6) is 11.6 Å². The van der Waals surface area contributed by atoms with Crippen molar-refractivity contribution in [2.45, 2.75) is 13.0 Å². The van der Waals surface area contributed by atoms with E-state index in [0.29, 0.717) is 37.8 Å². The van der Waals surface area contributed by atoms with Crippen LogP contribution in [0.25, 0.3) is 0 Å². The van der Waals surface area contributed by atoms with Crippen molar-refractivity contribution in [2.75, 3.05) is 46.6 Å². The van der Waals surface area contributed by atoms with E-state index in [1.54, 1.807) is 25.4 Å². The van der Waals surface area contributed by atoms with E-state index in [1.807, 2.05) is 31.2 Å². The molecule has 1 N–H and O–H groups in total. The second kappa shape index (κ2) is 10.1. The van der Waals surface area contributed by atoms with E-state index in [9.17, 15) is 4.79 Å². The monoisotopic (exact) mass is 385 g/mol. The summed E-state index contributed by atoms with van der Waals surface area (Å²) >= 11 is 0. The third kappa shape index (κ3) is 4.99. The van der Waals surface area contributed by atoms with Gasteiger partial charge in [-0.1, -0.05) is 12.1 Å².